The molecule has 0 amide bonds. The van der Waals surface area contributed by atoms with Crippen molar-refractivity contribution < 1.29 is 16.8 Å². The molecule has 0 bridgehead atoms. The van der Waals surface area contributed by atoms with Gasteiger partial charge in [0.15, 0.2) is 0 Å². The van der Waals surface area contributed by atoms with E-state index in [0.717, 1.165) is 10.6 Å². The van der Waals surface area contributed by atoms with Crippen LogP contribution in [0, 0.1) is 5.41 Å². The Balaban J connectivity index is 1.93. The fourth-order valence-electron chi connectivity index (χ4n) is 4.04. The average Bonchev–Trinajstić information content (AvgIpc) is 3.21. The number of nitrogens with zero attached hydrogens (tertiary/aromatic N) is 3. The Kier molecular flexibility index (Phi) is 5.91. The summed E-state index contributed by atoms with van der Waals surface area (Å²) in [5, 5.41) is 2.93. The summed E-state index contributed by atoms with van der Waals surface area (Å²) < 4.78 is 56.4. The average molecular weight is 524 g/mol. The highest BCUT2D eigenvalue weighted by atomic mass is 32.2. The predicted molar refractivity (Wildman–Crippen MR) is 134 cm³/mol. The SMILES string of the molecule is CN(c1ccc2c(c1)S(=O)(=O)NC(=c1c(=O)c3n(n(CCC(C)(C)C)c1=O)CCC=3)N2)S(C)(=O)=O. The van der Waals surface area contributed by atoms with Gasteiger partial charge in [0.2, 0.25) is 15.5 Å². The molecular weight excluding hydrogens is 494 g/mol. The van der Waals surface area contributed by atoms with Crippen molar-refractivity contribution in [2.45, 2.75) is 51.6 Å². The maximum absolute atomic E-state index is 13.5. The monoisotopic (exact) mass is 523 g/mol. The van der Waals surface area contributed by atoms with Gasteiger partial charge in [-0.15, -0.1) is 0 Å². The van der Waals surface area contributed by atoms with E-state index in [-0.39, 0.29) is 32.7 Å². The standard InChI is InChI=1S/C22H29N5O6S2/c1-22(2,3)10-12-27-21(29)18(19(28)16-7-6-11-26(16)27)20-23-15-9-8-14(25(4)34(5,30)31)13-17(15)35(32,33)24-20/h7-9,13,23-24H,6,10-12H2,1-5H3. The molecule has 0 unspecified atom stereocenters. The molecule has 2 aliphatic rings. The summed E-state index contributed by atoms with van der Waals surface area (Å²) in [6.07, 6.45) is 4.03. The summed E-state index contributed by atoms with van der Waals surface area (Å²) >= 11 is 0. The number of anilines is 2. The van der Waals surface area contributed by atoms with Crippen LogP contribution in [0.4, 0.5) is 11.4 Å². The van der Waals surface area contributed by atoms with Crippen LogP contribution < -0.4 is 35.9 Å². The second-order valence-corrected chi connectivity index (χ2v) is 13.6. The van der Waals surface area contributed by atoms with Crippen molar-refractivity contribution in [1.82, 2.24) is 14.1 Å². The molecule has 2 N–H and O–H groups in total. The van der Waals surface area contributed by atoms with Crippen LogP contribution in [0.5, 0.6) is 0 Å². The topological polar surface area (TPSA) is 140 Å². The Labute approximate surface area is 203 Å². The fraction of sp³-hybridized carbons (Fsp3) is 0.455. The van der Waals surface area contributed by atoms with Crippen LogP contribution in [-0.4, -0.2) is 39.5 Å². The summed E-state index contributed by atoms with van der Waals surface area (Å²) in [6, 6.07) is 4.06. The maximum Gasteiger partial charge on any atom is 0.280 e. The molecule has 13 heteroatoms. The number of rotatable bonds is 4. The lowest BCUT2D eigenvalue weighted by Crippen LogP contribution is -2.60. The van der Waals surface area contributed by atoms with Gasteiger partial charge >= 0.3 is 0 Å². The lowest BCUT2D eigenvalue weighted by atomic mass is 9.92. The Morgan fingerprint density at radius 3 is 2.49 bits per heavy atom. The van der Waals surface area contributed by atoms with Gasteiger partial charge in [-0.1, -0.05) is 26.8 Å². The first kappa shape index (κ1) is 25.0. The lowest BCUT2D eigenvalue weighted by Gasteiger charge is -2.25. The second kappa shape index (κ2) is 8.26. The molecule has 11 nitrogen and oxygen atoms in total. The highest BCUT2D eigenvalue weighted by Gasteiger charge is 2.29. The predicted octanol–water partition coefficient (Wildman–Crippen LogP) is -0.504. The van der Waals surface area contributed by atoms with Crippen molar-refractivity contribution in [2.24, 2.45) is 5.41 Å². The zero-order chi connectivity index (χ0) is 25.9. The molecule has 0 saturated heterocycles. The minimum Gasteiger partial charge on any atom is -0.339 e. The summed E-state index contributed by atoms with van der Waals surface area (Å²) in [6.45, 7) is 7.02. The Morgan fingerprint density at radius 2 is 1.86 bits per heavy atom. The van der Waals surface area contributed by atoms with E-state index in [0.29, 0.717) is 31.3 Å². The molecule has 35 heavy (non-hydrogen) atoms. The zero-order valence-electron chi connectivity index (χ0n) is 20.2. The van der Waals surface area contributed by atoms with E-state index in [1.165, 1.54) is 29.9 Å². The van der Waals surface area contributed by atoms with Gasteiger partial charge in [0.05, 0.1) is 17.6 Å². The molecule has 190 valence electrons. The highest BCUT2D eigenvalue weighted by molar-refractivity contribution is 7.92. The molecule has 0 fully saturated rings. The van der Waals surface area contributed by atoms with Gasteiger partial charge in [-0.05, 0) is 36.5 Å². The molecular formula is C22H29N5O6S2. The Bertz CT molecular complexity index is 1680. The molecule has 2 aliphatic heterocycles. The Morgan fingerprint density at radius 1 is 1.17 bits per heavy atom. The van der Waals surface area contributed by atoms with Crippen LogP contribution in [-0.2, 0) is 33.1 Å². The van der Waals surface area contributed by atoms with Crippen LogP contribution >= 0.6 is 0 Å². The fourth-order valence-corrected chi connectivity index (χ4v) is 5.76. The number of nitrogens with one attached hydrogen (secondary N) is 2. The van der Waals surface area contributed by atoms with Gasteiger partial charge in [0, 0.05) is 20.1 Å². The third-order valence-corrected chi connectivity index (χ3v) is 8.69. The lowest BCUT2D eigenvalue weighted by molar-refractivity contribution is 0.310. The minimum absolute atomic E-state index is 0.0564. The van der Waals surface area contributed by atoms with E-state index in [9.17, 15) is 26.4 Å². The van der Waals surface area contributed by atoms with Crippen LogP contribution in [0.1, 0.15) is 33.6 Å². The van der Waals surface area contributed by atoms with Crippen molar-refractivity contribution in [3.63, 3.8) is 0 Å². The van der Waals surface area contributed by atoms with E-state index < -0.39 is 31.0 Å². The summed E-state index contributed by atoms with van der Waals surface area (Å²) in [7, 11) is -6.51. The largest absolute Gasteiger partial charge is 0.339 e. The molecule has 4 rings (SSSR count). The van der Waals surface area contributed by atoms with E-state index >= 15 is 0 Å². The van der Waals surface area contributed by atoms with Crippen molar-refractivity contribution in [3.05, 3.63) is 49.3 Å². The molecule has 0 spiro atoms. The summed E-state index contributed by atoms with van der Waals surface area (Å²) in [5.41, 5.74) is -0.915. The van der Waals surface area contributed by atoms with Crippen LogP contribution in [0.3, 0.4) is 0 Å². The van der Waals surface area contributed by atoms with Gasteiger partial charge in [-0.3, -0.25) is 23.3 Å². The minimum atomic E-state index is -4.21. The number of sulfonamides is 2. The van der Waals surface area contributed by atoms with Gasteiger partial charge in [-0.25, -0.2) is 21.5 Å². The second-order valence-electron chi connectivity index (χ2n) is 9.96. The first-order valence-electron chi connectivity index (χ1n) is 11.1. The number of aromatic nitrogens is 2. The summed E-state index contributed by atoms with van der Waals surface area (Å²) in [5.74, 6) is -0.218. The third-order valence-electron chi connectivity index (χ3n) is 6.09. The quantitative estimate of drug-likeness (QED) is 0.551. The van der Waals surface area contributed by atoms with E-state index in [2.05, 4.69) is 30.8 Å². The number of fused-ring (bicyclic) bond motifs is 2. The first-order chi connectivity index (χ1) is 16.1. The molecule has 0 saturated carbocycles. The van der Waals surface area contributed by atoms with Crippen molar-refractivity contribution in [2.75, 3.05) is 22.9 Å². The Hall–Kier alpha value is -3.06. The van der Waals surface area contributed by atoms with Crippen LogP contribution in [0.2, 0.25) is 0 Å². The molecule has 0 atom stereocenters. The third kappa shape index (κ3) is 4.61. The van der Waals surface area contributed by atoms with Gasteiger partial charge in [0.1, 0.15) is 21.3 Å². The number of hydrogen-bond acceptors (Lipinski definition) is 7. The molecule has 0 aliphatic carbocycles. The smallest absolute Gasteiger partial charge is 0.280 e. The van der Waals surface area contributed by atoms with Crippen molar-refractivity contribution in [1.29, 1.82) is 0 Å². The molecule has 1 aromatic carbocycles. The van der Waals surface area contributed by atoms with Crippen LogP contribution in [0.15, 0.2) is 32.7 Å². The maximum atomic E-state index is 13.5. The normalized spacial score (nSPS) is 18.1. The number of hydrogen-bond donors (Lipinski definition) is 2. The summed E-state index contributed by atoms with van der Waals surface area (Å²) in [4.78, 5) is 26.6. The molecule has 3 heterocycles. The number of benzene rings is 1. The molecule has 0 radical (unpaired) electrons. The van der Waals surface area contributed by atoms with E-state index in [1.54, 1.807) is 10.8 Å². The van der Waals surface area contributed by atoms with E-state index in [1.807, 2.05) is 0 Å². The van der Waals surface area contributed by atoms with Gasteiger partial charge in [0.25, 0.3) is 15.6 Å². The first-order valence-corrected chi connectivity index (χ1v) is 14.4. The van der Waals surface area contributed by atoms with Gasteiger partial charge in [-0.2, -0.15) is 0 Å². The highest BCUT2D eigenvalue weighted by Crippen LogP contribution is 2.31. The molecule has 2 aromatic rings. The molecule has 1 aromatic heterocycles. The van der Waals surface area contributed by atoms with Crippen LogP contribution in [0.25, 0.3) is 11.9 Å². The van der Waals surface area contributed by atoms with E-state index in [4.69, 9.17) is 0 Å². The zero-order valence-corrected chi connectivity index (χ0v) is 21.9. The van der Waals surface area contributed by atoms with Crippen molar-refractivity contribution in [3.8, 4) is 0 Å². The van der Waals surface area contributed by atoms with Crippen molar-refractivity contribution >= 4 is 43.3 Å². The van der Waals surface area contributed by atoms with Gasteiger partial charge < -0.3 is 5.32 Å².